The monoisotopic (exact) mass is 354 g/mol. The van der Waals surface area contributed by atoms with Crippen LogP contribution in [0.3, 0.4) is 0 Å². The Morgan fingerprint density at radius 2 is 1.96 bits per heavy atom. The predicted octanol–water partition coefficient (Wildman–Crippen LogP) is 3.50. The van der Waals surface area contributed by atoms with Crippen LogP contribution in [-0.4, -0.2) is 33.6 Å². The maximum absolute atomic E-state index is 13.3. The summed E-state index contributed by atoms with van der Waals surface area (Å²) in [7, 11) is 0. The first kappa shape index (κ1) is 17.1. The lowest BCUT2D eigenvalue weighted by molar-refractivity contribution is -0.192. The van der Waals surface area contributed by atoms with Gasteiger partial charge < -0.3 is 9.84 Å². The highest BCUT2D eigenvalue weighted by Crippen LogP contribution is 2.47. The maximum Gasteiger partial charge on any atom is 0.420 e. The van der Waals surface area contributed by atoms with Gasteiger partial charge in [0.15, 0.2) is 5.69 Å². The van der Waals surface area contributed by atoms with Gasteiger partial charge in [0.1, 0.15) is 5.56 Å². The Balaban J connectivity index is 1.82. The summed E-state index contributed by atoms with van der Waals surface area (Å²) >= 11 is 0. The van der Waals surface area contributed by atoms with E-state index in [0.29, 0.717) is 12.8 Å². The molecule has 0 unspecified atom stereocenters. The number of carboxylic acid groups (broad SMARTS) is 1. The molecule has 0 radical (unpaired) electrons. The van der Waals surface area contributed by atoms with Crippen LogP contribution in [-0.2, 0) is 17.5 Å². The molecule has 0 spiro atoms. The molecule has 0 aromatic carbocycles. The molecule has 0 bridgehead atoms. The Hall–Kier alpha value is -1.71. The lowest BCUT2D eigenvalue weighted by atomic mass is 9.82. The molecule has 0 atom stereocenters. The maximum atomic E-state index is 13.3. The molecular formula is C14H15F5N2O3. The van der Waals surface area contributed by atoms with Crippen LogP contribution in [0.4, 0.5) is 22.0 Å². The molecule has 1 N–H and O–H groups in total. The summed E-state index contributed by atoms with van der Waals surface area (Å²) in [6.45, 7) is -2.95. The third-order valence-corrected chi connectivity index (χ3v) is 4.35. The molecule has 0 saturated heterocycles. The second-order valence-electron chi connectivity index (χ2n) is 6.22. The van der Waals surface area contributed by atoms with Crippen molar-refractivity contribution in [3.63, 3.8) is 0 Å². The van der Waals surface area contributed by atoms with E-state index in [1.807, 2.05) is 0 Å². The summed E-state index contributed by atoms with van der Waals surface area (Å²) in [6, 6.07) is 0. The molecule has 2 aliphatic carbocycles. The zero-order valence-electron chi connectivity index (χ0n) is 12.4. The zero-order chi connectivity index (χ0) is 17.6. The standard InChI is InChI=1S/C14H15F5N2O3/c15-13(16)24-8-3-6(4-8)5-21-11(12(22)23)9(14(17,18)19)10(20-21)7-1-2-7/h6-8,13H,1-5H2,(H,22,23). The summed E-state index contributed by atoms with van der Waals surface area (Å²) in [5, 5.41) is 13.1. The van der Waals surface area contributed by atoms with E-state index >= 15 is 0 Å². The van der Waals surface area contributed by atoms with Crippen LogP contribution in [0.5, 0.6) is 0 Å². The van der Waals surface area contributed by atoms with E-state index < -0.39 is 36.1 Å². The number of alkyl halides is 5. The molecule has 24 heavy (non-hydrogen) atoms. The molecular weight excluding hydrogens is 339 g/mol. The largest absolute Gasteiger partial charge is 0.477 e. The number of aromatic nitrogens is 2. The highest BCUT2D eigenvalue weighted by atomic mass is 19.4. The Labute approximate surface area is 133 Å². The first-order valence-electron chi connectivity index (χ1n) is 7.51. The van der Waals surface area contributed by atoms with Gasteiger partial charge in [0.2, 0.25) is 0 Å². The summed E-state index contributed by atoms with van der Waals surface area (Å²) in [5.74, 6) is -2.29. The summed E-state index contributed by atoms with van der Waals surface area (Å²) in [5.41, 5.74) is -2.28. The number of carboxylic acids is 1. The number of halogens is 5. The Morgan fingerprint density at radius 3 is 2.42 bits per heavy atom. The van der Waals surface area contributed by atoms with Crippen molar-refractivity contribution in [2.75, 3.05) is 0 Å². The average molecular weight is 354 g/mol. The van der Waals surface area contributed by atoms with Crippen molar-refractivity contribution < 1.29 is 36.6 Å². The van der Waals surface area contributed by atoms with Gasteiger partial charge >= 0.3 is 18.8 Å². The van der Waals surface area contributed by atoms with Gasteiger partial charge in [-0.15, -0.1) is 0 Å². The molecule has 0 amide bonds. The van der Waals surface area contributed by atoms with Crippen LogP contribution < -0.4 is 0 Å². The Bertz CT molecular complexity index is 633. The van der Waals surface area contributed by atoms with E-state index in [4.69, 9.17) is 0 Å². The minimum atomic E-state index is -4.80. The molecule has 2 fully saturated rings. The fourth-order valence-electron chi connectivity index (χ4n) is 3.08. The molecule has 1 heterocycles. The van der Waals surface area contributed by atoms with Gasteiger partial charge in [-0.05, 0) is 31.6 Å². The van der Waals surface area contributed by atoms with Crippen LogP contribution in [0.15, 0.2) is 0 Å². The van der Waals surface area contributed by atoms with Crippen molar-refractivity contribution in [2.24, 2.45) is 5.92 Å². The molecule has 3 rings (SSSR count). The number of carbonyl (C=O) groups is 1. The van der Waals surface area contributed by atoms with Crippen LogP contribution in [0.1, 0.15) is 53.3 Å². The van der Waals surface area contributed by atoms with Gasteiger partial charge in [-0.1, -0.05) is 0 Å². The lowest BCUT2D eigenvalue weighted by Crippen LogP contribution is -2.36. The van der Waals surface area contributed by atoms with Crippen LogP contribution in [0.25, 0.3) is 0 Å². The molecule has 2 saturated carbocycles. The lowest BCUT2D eigenvalue weighted by Gasteiger charge is -2.34. The highest BCUT2D eigenvalue weighted by Gasteiger charge is 2.46. The second-order valence-corrected chi connectivity index (χ2v) is 6.22. The fourth-order valence-corrected chi connectivity index (χ4v) is 3.08. The van der Waals surface area contributed by atoms with E-state index in [-0.39, 0.29) is 36.9 Å². The van der Waals surface area contributed by atoms with Crippen molar-refractivity contribution in [1.82, 2.24) is 9.78 Å². The number of nitrogens with zero attached hydrogens (tertiary/aromatic N) is 2. The van der Waals surface area contributed by atoms with E-state index in [1.54, 1.807) is 0 Å². The quantitative estimate of drug-likeness (QED) is 0.795. The smallest absolute Gasteiger partial charge is 0.420 e. The van der Waals surface area contributed by atoms with Crippen molar-refractivity contribution in [3.8, 4) is 0 Å². The summed E-state index contributed by atoms with van der Waals surface area (Å²) in [6.07, 6.45) is -3.87. The van der Waals surface area contributed by atoms with Gasteiger partial charge in [-0.3, -0.25) is 4.68 Å². The fraction of sp³-hybridized carbons (Fsp3) is 0.714. The summed E-state index contributed by atoms with van der Waals surface area (Å²) < 4.78 is 69.2. The molecule has 10 heteroatoms. The summed E-state index contributed by atoms with van der Waals surface area (Å²) in [4.78, 5) is 11.4. The van der Waals surface area contributed by atoms with Gasteiger partial charge in [0, 0.05) is 12.5 Å². The van der Waals surface area contributed by atoms with E-state index in [1.165, 1.54) is 0 Å². The Kier molecular flexibility index (Phi) is 4.27. The highest BCUT2D eigenvalue weighted by molar-refractivity contribution is 5.88. The van der Waals surface area contributed by atoms with Crippen molar-refractivity contribution in [1.29, 1.82) is 0 Å². The minimum Gasteiger partial charge on any atom is -0.477 e. The van der Waals surface area contributed by atoms with E-state index in [2.05, 4.69) is 9.84 Å². The molecule has 134 valence electrons. The predicted molar refractivity (Wildman–Crippen MR) is 69.8 cm³/mol. The first-order valence-corrected chi connectivity index (χ1v) is 7.51. The van der Waals surface area contributed by atoms with Crippen molar-refractivity contribution in [3.05, 3.63) is 17.0 Å². The molecule has 5 nitrogen and oxygen atoms in total. The molecule has 0 aliphatic heterocycles. The SMILES string of the molecule is O=C(O)c1c(C(F)(F)F)c(C2CC2)nn1CC1CC(OC(F)F)C1. The van der Waals surface area contributed by atoms with Crippen LogP contribution >= 0.6 is 0 Å². The van der Waals surface area contributed by atoms with Crippen molar-refractivity contribution in [2.45, 2.75) is 57.0 Å². The number of rotatable bonds is 6. The number of hydrogen-bond donors (Lipinski definition) is 1. The second kappa shape index (κ2) is 5.98. The molecule has 2 aliphatic rings. The van der Waals surface area contributed by atoms with Gasteiger partial charge in [0.25, 0.3) is 0 Å². The molecule has 1 aromatic rings. The van der Waals surface area contributed by atoms with Gasteiger partial charge in [-0.25, -0.2) is 4.79 Å². The van der Waals surface area contributed by atoms with Gasteiger partial charge in [-0.2, -0.15) is 27.1 Å². The van der Waals surface area contributed by atoms with E-state index in [9.17, 15) is 31.9 Å². The van der Waals surface area contributed by atoms with Gasteiger partial charge in [0.05, 0.1) is 11.8 Å². The minimum absolute atomic E-state index is 0.0550. The molecule has 1 aromatic heterocycles. The third kappa shape index (κ3) is 3.38. The Morgan fingerprint density at radius 1 is 1.33 bits per heavy atom. The number of aromatic carboxylic acids is 1. The number of ether oxygens (including phenoxy) is 1. The van der Waals surface area contributed by atoms with Crippen LogP contribution in [0.2, 0.25) is 0 Å². The van der Waals surface area contributed by atoms with E-state index in [0.717, 1.165) is 4.68 Å². The first-order chi connectivity index (χ1) is 11.2. The van der Waals surface area contributed by atoms with Crippen LogP contribution in [0, 0.1) is 5.92 Å². The average Bonchev–Trinajstić information content (AvgIpc) is 3.15. The normalized spacial score (nSPS) is 24.2. The topological polar surface area (TPSA) is 64.3 Å². The van der Waals surface area contributed by atoms with Crippen molar-refractivity contribution >= 4 is 5.97 Å². The number of hydrogen-bond acceptors (Lipinski definition) is 3. The zero-order valence-corrected chi connectivity index (χ0v) is 12.4. The third-order valence-electron chi connectivity index (χ3n) is 4.35.